The van der Waals surface area contributed by atoms with Gasteiger partial charge in [-0.05, 0) is 30.5 Å². The Morgan fingerprint density at radius 3 is 2.83 bits per heavy atom. The Bertz CT molecular complexity index is 385. The number of rotatable bonds is 6. The second kappa shape index (κ2) is 6.90. The van der Waals surface area contributed by atoms with E-state index in [1.807, 2.05) is 0 Å². The smallest absolute Gasteiger partial charge is 0.147 e. The van der Waals surface area contributed by atoms with Crippen molar-refractivity contribution in [1.29, 1.82) is 0 Å². The van der Waals surface area contributed by atoms with Crippen LogP contribution in [0.2, 0.25) is 0 Å². The van der Waals surface area contributed by atoms with Gasteiger partial charge in [0.2, 0.25) is 0 Å². The zero-order valence-corrected chi connectivity index (χ0v) is 11.0. The van der Waals surface area contributed by atoms with E-state index in [1.54, 1.807) is 23.9 Å². The standard InChI is InChI=1S/C14H17FO2S/c15-12-5-3-11(4-6-12)8-13(16)9-18-10-14-2-1-7-17-14/h3-6,14H,1-2,7-10H2. The van der Waals surface area contributed by atoms with Gasteiger partial charge in [-0.15, -0.1) is 0 Å². The summed E-state index contributed by atoms with van der Waals surface area (Å²) in [7, 11) is 0. The fourth-order valence-corrected chi connectivity index (χ4v) is 2.93. The number of ether oxygens (including phenoxy) is 1. The molecule has 2 nitrogen and oxygen atoms in total. The molecule has 98 valence electrons. The number of thioether (sulfide) groups is 1. The van der Waals surface area contributed by atoms with Crippen LogP contribution in [0, 0.1) is 5.82 Å². The molecule has 1 saturated heterocycles. The summed E-state index contributed by atoms with van der Waals surface area (Å²) < 4.78 is 18.2. The maximum absolute atomic E-state index is 12.7. The minimum absolute atomic E-state index is 0.185. The van der Waals surface area contributed by atoms with E-state index >= 15 is 0 Å². The summed E-state index contributed by atoms with van der Waals surface area (Å²) in [5.74, 6) is 1.33. The number of ketones is 1. The second-order valence-electron chi connectivity index (χ2n) is 4.49. The summed E-state index contributed by atoms with van der Waals surface area (Å²) in [4.78, 5) is 11.7. The Morgan fingerprint density at radius 1 is 1.39 bits per heavy atom. The Balaban J connectivity index is 1.66. The fraction of sp³-hybridized carbons (Fsp3) is 0.500. The molecule has 0 bridgehead atoms. The van der Waals surface area contributed by atoms with Crippen LogP contribution in [-0.4, -0.2) is 30.0 Å². The van der Waals surface area contributed by atoms with E-state index in [4.69, 9.17) is 4.74 Å². The number of Topliss-reactive ketones (excluding diaryl/α,β-unsaturated/α-hetero) is 1. The van der Waals surface area contributed by atoms with Crippen molar-refractivity contribution in [3.8, 4) is 0 Å². The summed E-state index contributed by atoms with van der Waals surface area (Å²) >= 11 is 1.63. The molecule has 1 heterocycles. The van der Waals surface area contributed by atoms with Crippen LogP contribution in [0.15, 0.2) is 24.3 Å². The number of benzene rings is 1. The van der Waals surface area contributed by atoms with Crippen LogP contribution in [0.25, 0.3) is 0 Å². The van der Waals surface area contributed by atoms with Gasteiger partial charge in [-0.1, -0.05) is 12.1 Å². The van der Waals surface area contributed by atoms with Crippen LogP contribution in [0.1, 0.15) is 18.4 Å². The van der Waals surface area contributed by atoms with Crippen molar-refractivity contribution in [2.75, 3.05) is 18.1 Å². The minimum Gasteiger partial charge on any atom is -0.377 e. The number of halogens is 1. The maximum Gasteiger partial charge on any atom is 0.147 e. The van der Waals surface area contributed by atoms with E-state index in [0.29, 0.717) is 18.3 Å². The lowest BCUT2D eigenvalue weighted by atomic mass is 10.1. The van der Waals surface area contributed by atoms with Crippen molar-refractivity contribution in [1.82, 2.24) is 0 Å². The molecule has 1 atom stereocenters. The molecular weight excluding hydrogens is 251 g/mol. The summed E-state index contributed by atoms with van der Waals surface area (Å²) in [6.07, 6.45) is 2.96. The highest BCUT2D eigenvalue weighted by molar-refractivity contribution is 8.00. The predicted octanol–water partition coefficient (Wildman–Crippen LogP) is 2.85. The monoisotopic (exact) mass is 268 g/mol. The molecule has 1 aliphatic heterocycles. The van der Waals surface area contributed by atoms with Crippen molar-refractivity contribution in [3.63, 3.8) is 0 Å². The van der Waals surface area contributed by atoms with E-state index in [0.717, 1.165) is 30.8 Å². The van der Waals surface area contributed by atoms with E-state index in [1.165, 1.54) is 12.1 Å². The minimum atomic E-state index is -0.265. The first-order valence-corrected chi connectivity index (χ1v) is 7.35. The average molecular weight is 268 g/mol. The highest BCUT2D eigenvalue weighted by Gasteiger charge is 2.15. The van der Waals surface area contributed by atoms with Gasteiger partial charge in [0.15, 0.2) is 0 Å². The number of carbonyl (C=O) groups is 1. The lowest BCUT2D eigenvalue weighted by Gasteiger charge is -2.08. The van der Waals surface area contributed by atoms with E-state index in [9.17, 15) is 9.18 Å². The first kappa shape index (κ1) is 13.6. The molecule has 0 aromatic heterocycles. The summed E-state index contributed by atoms with van der Waals surface area (Å²) in [5.41, 5.74) is 0.874. The quantitative estimate of drug-likeness (QED) is 0.793. The van der Waals surface area contributed by atoms with E-state index in [2.05, 4.69) is 0 Å². The van der Waals surface area contributed by atoms with Crippen molar-refractivity contribution in [3.05, 3.63) is 35.6 Å². The van der Waals surface area contributed by atoms with Gasteiger partial charge in [0, 0.05) is 18.8 Å². The van der Waals surface area contributed by atoms with Crippen molar-refractivity contribution in [2.24, 2.45) is 0 Å². The lowest BCUT2D eigenvalue weighted by molar-refractivity contribution is -0.116. The SMILES string of the molecule is O=C(CSCC1CCCO1)Cc1ccc(F)cc1. The second-order valence-corrected chi connectivity index (χ2v) is 5.52. The fourth-order valence-electron chi connectivity index (χ4n) is 1.96. The molecular formula is C14H17FO2S. The normalized spacial score (nSPS) is 19.1. The van der Waals surface area contributed by atoms with Crippen LogP contribution in [0.5, 0.6) is 0 Å². The topological polar surface area (TPSA) is 26.3 Å². The average Bonchev–Trinajstić information content (AvgIpc) is 2.85. The molecule has 2 rings (SSSR count). The van der Waals surface area contributed by atoms with Crippen molar-refractivity contribution >= 4 is 17.5 Å². The Kier molecular flexibility index (Phi) is 5.20. The highest BCUT2D eigenvalue weighted by atomic mass is 32.2. The first-order chi connectivity index (χ1) is 8.74. The number of carbonyl (C=O) groups excluding carboxylic acids is 1. The van der Waals surface area contributed by atoms with Gasteiger partial charge in [-0.25, -0.2) is 4.39 Å². The molecule has 1 aromatic rings. The van der Waals surface area contributed by atoms with Crippen molar-refractivity contribution in [2.45, 2.75) is 25.4 Å². The van der Waals surface area contributed by atoms with Crippen LogP contribution < -0.4 is 0 Å². The molecule has 1 fully saturated rings. The molecule has 0 spiro atoms. The Hall–Kier alpha value is -0.870. The molecule has 0 amide bonds. The molecule has 18 heavy (non-hydrogen) atoms. The van der Waals surface area contributed by atoms with Crippen LogP contribution in [0.3, 0.4) is 0 Å². The van der Waals surface area contributed by atoms with Crippen LogP contribution in [-0.2, 0) is 16.0 Å². The molecule has 1 aromatic carbocycles. The number of hydrogen-bond acceptors (Lipinski definition) is 3. The molecule has 0 radical (unpaired) electrons. The van der Waals surface area contributed by atoms with Gasteiger partial charge in [-0.2, -0.15) is 11.8 Å². The van der Waals surface area contributed by atoms with Crippen LogP contribution in [0.4, 0.5) is 4.39 Å². The largest absolute Gasteiger partial charge is 0.377 e. The lowest BCUT2D eigenvalue weighted by Crippen LogP contribution is -2.12. The van der Waals surface area contributed by atoms with E-state index in [-0.39, 0.29) is 11.6 Å². The molecule has 0 N–H and O–H groups in total. The van der Waals surface area contributed by atoms with Gasteiger partial charge in [0.25, 0.3) is 0 Å². The predicted molar refractivity (Wildman–Crippen MR) is 71.4 cm³/mol. The maximum atomic E-state index is 12.7. The summed E-state index contributed by atoms with van der Waals surface area (Å²) in [6.45, 7) is 0.856. The first-order valence-electron chi connectivity index (χ1n) is 6.19. The third-order valence-electron chi connectivity index (χ3n) is 2.91. The third-order valence-corrected chi connectivity index (χ3v) is 4.04. The molecule has 0 aliphatic carbocycles. The van der Waals surface area contributed by atoms with Gasteiger partial charge in [-0.3, -0.25) is 4.79 Å². The van der Waals surface area contributed by atoms with Gasteiger partial charge in [0.05, 0.1) is 11.9 Å². The van der Waals surface area contributed by atoms with Crippen LogP contribution >= 0.6 is 11.8 Å². The summed E-state index contributed by atoms with van der Waals surface area (Å²) in [5, 5.41) is 0. The third kappa shape index (κ3) is 4.42. The molecule has 1 aliphatic rings. The zero-order valence-electron chi connectivity index (χ0n) is 10.2. The highest BCUT2D eigenvalue weighted by Crippen LogP contribution is 2.17. The van der Waals surface area contributed by atoms with Gasteiger partial charge in [0.1, 0.15) is 11.6 Å². The molecule has 0 saturated carbocycles. The molecule has 1 unspecified atom stereocenters. The van der Waals surface area contributed by atoms with E-state index < -0.39 is 0 Å². The zero-order chi connectivity index (χ0) is 12.8. The Labute approximate surface area is 111 Å². The Morgan fingerprint density at radius 2 is 2.17 bits per heavy atom. The molecule has 4 heteroatoms. The summed E-state index contributed by atoms with van der Waals surface area (Å²) in [6, 6.07) is 6.11. The van der Waals surface area contributed by atoms with Gasteiger partial charge < -0.3 is 4.74 Å². The number of hydrogen-bond donors (Lipinski definition) is 0. The van der Waals surface area contributed by atoms with Crippen molar-refractivity contribution < 1.29 is 13.9 Å². The van der Waals surface area contributed by atoms with Gasteiger partial charge >= 0.3 is 0 Å².